The molecule has 11 nitrogen and oxygen atoms in total. The highest BCUT2D eigenvalue weighted by atomic mass is 32.2. The van der Waals surface area contributed by atoms with Crippen LogP contribution in [0.25, 0.3) is 0 Å². The molecule has 1 amide bonds. The lowest BCUT2D eigenvalue weighted by Crippen LogP contribution is -2.34. The first-order valence-electron chi connectivity index (χ1n) is 6.50. The quantitative estimate of drug-likeness (QED) is 0.250. The van der Waals surface area contributed by atoms with E-state index in [0.717, 1.165) is 0 Å². The molecule has 0 rings (SSSR count). The van der Waals surface area contributed by atoms with Crippen LogP contribution in [-0.4, -0.2) is 51.5 Å². The SMILES string of the molecule is CCC(CC(C)C(=O)NCCP(=O)(O)OP(=O)(O)O)S(=O)(=O)O. The average molecular weight is 397 g/mol. The minimum Gasteiger partial charge on any atom is -0.355 e. The predicted molar refractivity (Wildman–Crippen MR) is 80.2 cm³/mol. The third kappa shape index (κ3) is 10.2. The summed E-state index contributed by atoms with van der Waals surface area (Å²) in [5, 5.41) is 1.12. The van der Waals surface area contributed by atoms with E-state index in [-0.39, 0.29) is 12.8 Å². The Balaban J connectivity index is 4.45. The van der Waals surface area contributed by atoms with Crippen molar-refractivity contribution in [2.24, 2.45) is 5.92 Å². The van der Waals surface area contributed by atoms with Crippen LogP contribution in [0.3, 0.4) is 0 Å². The summed E-state index contributed by atoms with van der Waals surface area (Å²) in [6.07, 6.45) is -0.762. The van der Waals surface area contributed by atoms with Crippen molar-refractivity contribution in [3.05, 3.63) is 0 Å². The average Bonchev–Trinajstić information content (AvgIpc) is 2.30. The molecule has 0 bridgehead atoms. The number of carbonyl (C=O) groups excluding carboxylic acids is 1. The molecule has 5 N–H and O–H groups in total. The topological polar surface area (TPSA) is 188 Å². The molecule has 0 aliphatic heterocycles. The fraction of sp³-hybridized carbons (Fsp3) is 0.889. The second-order valence-electron chi connectivity index (χ2n) is 4.91. The van der Waals surface area contributed by atoms with E-state index in [1.54, 1.807) is 0 Å². The zero-order valence-corrected chi connectivity index (χ0v) is 15.1. The van der Waals surface area contributed by atoms with Crippen LogP contribution < -0.4 is 5.32 Å². The Bertz CT molecular complexity index is 599. The maximum absolute atomic E-state index is 11.7. The van der Waals surface area contributed by atoms with Crippen molar-refractivity contribution >= 4 is 31.4 Å². The largest absolute Gasteiger partial charge is 0.476 e. The van der Waals surface area contributed by atoms with Crippen LogP contribution in [0.15, 0.2) is 0 Å². The Hall–Kier alpha value is -0.320. The molecule has 0 aromatic heterocycles. The number of phosphoric acid groups is 1. The van der Waals surface area contributed by atoms with Gasteiger partial charge in [0, 0.05) is 12.5 Å². The van der Waals surface area contributed by atoms with Gasteiger partial charge in [-0.3, -0.25) is 13.9 Å². The Morgan fingerprint density at radius 2 is 1.78 bits per heavy atom. The minimum absolute atomic E-state index is 0.110. The highest BCUT2D eigenvalue weighted by Gasteiger charge is 2.31. The Morgan fingerprint density at radius 1 is 1.26 bits per heavy atom. The van der Waals surface area contributed by atoms with E-state index in [1.165, 1.54) is 13.8 Å². The summed E-state index contributed by atoms with van der Waals surface area (Å²) in [6, 6.07) is 0. The lowest BCUT2D eigenvalue weighted by molar-refractivity contribution is -0.124. The van der Waals surface area contributed by atoms with Gasteiger partial charge in [-0.05, 0) is 12.8 Å². The molecule has 23 heavy (non-hydrogen) atoms. The molecular formula is C9H21NO10P2S. The van der Waals surface area contributed by atoms with E-state index in [1.807, 2.05) is 0 Å². The van der Waals surface area contributed by atoms with Crippen molar-refractivity contribution in [3.8, 4) is 0 Å². The second-order valence-corrected chi connectivity index (χ2v) is 9.96. The molecule has 0 saturated heterocycles. The van der Waals surface area contributed by atoms with E-state index >= 15 is 0 Å². The zero-order chi connectivity index (χ0) is 18.5. The molecule has 0 aliphatic rings. The molecule has 0 saturated carbocycles. The van der Waals surface area contributed by atoms with Crippen molar-refractivity contribution in [2.45, 2.75) is 31.9 Å². The molecule has 0 aromatic carbocycles. The normalized spacial score (nSPS) is 18.0. The number of rotatable bonds is 10. The van der Waals surface area contributed by atoms with Crippen LogP contribution in [0, 0.1) is 5.92 Å². The van der Waals surface area contributed by atoms with Crippen molar-refractivity contribution < 1.29 is 45.9 Å². The fourth-order valence-corrected chi connectivity index (χ4v) is 4.71. The maximum Gasteiger partial charge on any atom is 0.476 e. The molecule has 14 heteroatoms. The minimum atomic E-state index is -5.13. The smallest absolute Gasteiger partial charge is 0.355 e. The van der Waals surface area contributed by atoms with Gasteiger partial charge in [-0.1, -0.05) is 13.8 Å². The first-order valence-corrected chi connectivity index (χ1v) is 11.3. The number of hydrogen-bond donors (Lipinski definition) is 5. The summed E-state index contributed by atoms with van der Waals surface area (Å²) in [4.78, 5) is 37.8. The lowest BCUT2D eigenvalue weighted by atomic mass is 10.0. The molecule has 0 fully saturated rings. The summed E-state index contributed by atoms with van der Waals surface area (Å²) in [7, 11) is -14.0. The first-order chi connectivity index (χ1) is 10.2. The molecule has 0 heterocycles. The lowest BCUT2D eigenvalue weighted by Gasteiger charge is -2.18. The molecule has 138 valence electrons. The maximum atomic E-state index is 11.7. The number of nitrogens with one attached hydrogen (secondary N) is 1. The predicted octanol–water partition coefficient (Wildman–Crippen LogP) is 0.0899. The monoisotopic (exact) mass is 397 g/mol. The standard InChI is InChI=1S/C9H21NO10P2S/c1-3-8(23(17,18)19)6-7(2)9(11)10-4-5-21(12,13)20-22(14,15)16/h7-8H,3-6H2,1-2H3,(H,10,11)(H,12,13)(H2,14,15,16)(H,17,18,19). The van der Waals surface area contributed by atoms with Gasteiger partial charge in [0.1, 0.15) is 0 Å². The van der Waals surface area contributed by atoms with Gasteiger partial charge in [0.2, 0.25) is 5.91 Å². The summed E-state index contributed by atoms with van der Waals surface area (Å²) >= 11 is 0. The molecule has 0 radical (unpaired) electrons. The van der Waals surface area contributed by atoms with Gasteiger partial charge in [-0.2, -0.15) is 8.42 Å². The van der Waals surface area contributed by atoms with Gasteiger partial charge >= 0.3 is 15.4 Å². The molecular weight excluding hydrogens is 376 g/mol. The van der Waals surface area contributed by atoms with Crippen LogP contribution in [0.5, 0.6) is 0 Å². The number of hydrogen-bond acceptors (Lipinski definition) is 6. The fourth-order valence-electron chi connectivity index (χ4n) is 1.70. The van der Waals surface area contributed by atoms with Crippen LogP contribution in [0.1, 0.15) is 26.7 Å². The van der Waals surface area contributed by atoms with Crippen molar-refractivity contribution in [3.63, 3.8) is 0 Å². The highest BCUT2D eigenvalue weighted by molar-refractivity contribution is 7.86. The van der Waals surface area contributed by atoms with Gasteiger partial charge in [0.25, 0.3) is 10.1 Å². The van der Waals surface area contributed by atoms with E-state index in [2.05, 4.69) is 9.63 Å². The van der Waals surface area contributed by atoms with Crippen LogP contribution in [0.2, 0.25) is 0 Å². The molecule has 0 spiro atoms. The van der Waals surface area contributed by atoms with Crippen molar-refractivity contribution in [1.82, 2.24) is 5.32 Å². The molecule has 0 aromatic rings. The second kappa shape index (κ2) is 8.68. The number of amides is 1. The summed E-state index contributed by atoms with van der Waals surface area (Å²) in [5.41, 5.74) is 0. The molecule has 3 unspecified atom stereocenters. The van der Waals surface area contributed by atoms with Gasteiger partial charge in [0.15, 0.2) is 0 Å². The molecule has 3 atom stereocenters. The number of carbonyl (C=O) groups is 1. The summed E-state index contributed by atoms with van der Waals surface area (Å²) in [6.45, 7) is 2.54. The Morgan fingerprint density at radius 3 is 2.17 bits per heavy atom. The van der Waals surface area contributed by atoms with Crippen LogP contribution in [0.4, 0.5) is 0 Å². The zero-order valence-electron chi connectivity index (χ0n) is 12.5. The van der Waals surface area contributed by atoms with Gasteiger partial charge in [-0.15, -0.1) is 0 Å². The van der Waals surface area contributed by atoms with Crippen LogP contribution >= 0.6 is 15.4 Å². The Labute approximate surface area is 134 Å². The van der Waals surface area contributed by atoms with Crippen LogP contribution in [-0.2, 0) is 28.4 Å². The van der Waals surface area contributed by atoms with E-state index < -0.39 is 55.3 Å². The molecule has 0 aliphatic carbocycles. The van der Waals surface area contributed by atoms with Gasteiger partial charge in [0.05, 0.1) is 11.4 Å². The third-order valence-electron chi connectivity index (χ3n) is 2.87. The summed E-state index contributed by atoms with van der Waals surface area (Å²) in [5.74, 6) is -1.44. The first kappa shape index (κ1) is 22.7. The van der Waals surface area contributed by atoms with E-state index in [4.69, 9.17) is 19.2 Å². The van der Waals surface area contributed by atoms with Gasteiger partial charge in [-0.25, -0.2) is 8.88 Å². The van der Waals surface area contributed by atoms with E-state index in [9.17, 15) is 22.3 Å². The van der Waals surface area contributed by atoms with Gasteiger partial charge < -0.3 is 20.0 Å². The van der Waals surface area contributed by atoms with Crippen molar-refractivity contribution in [2.75, 3.05) is 12.7 Å². The highest BCUT2D eigenvalue weighted by Crippen LogP contribution is 2.56. The van der Waals surface area contributed by atoms with Crippen molar-refractivity contribution in [1.29, 1.82) is 0 Å². The Kier molecular flexibility index (Phi) is 8.56. The summed E-state index contributed by atoms with van der Waals surface area (Å²) < 4.78 is 56.6. The van der Waals surface area contributed by atoms with E-state index in [0.29, 0.717) is 0 Å². The third-order valence-corrected chi connectivity index (χ3v) is 6.90.